The van der Waals surface area contributed by atoms with Crippen molar-refractivity contribution in [3.05, 3.63) is 34.9 Å². The van der Waals surface area contributed by atoms with Crippen LogP contribution in [-0.4, -0.2) is 18.6 Å². The molecule has 1 amide bonds. The van der Waals surface area contributed by atoms with Crippen LogP contribution < -0.4 is 5.32 Å². The molecule has 1 aromatic carbocycles. The van der Waals surface area contributed by atoms with Crippen molar-refractivity contribution >= 4 is 17.5 Å². The summed E-state index contributed by atoms with van der Waals surface area (Å²) in [5.41, 5.74) is 0.284. The summed E-state index contributed by atoms with van der Waals surface area (Å²) >= 11 is 5.60. The minimum absolute atomic E-state index is 0.284. The van der Waals surface area contributed by atoms with Crippen LogP contribution >= 0.6 is 11.6 Å². The van der Waals surface area contributed by atoms with Crippen molar-refractivity contribution in [2.75, 3.05) is 6.54 Å². The average molecular weight is 252 g/mol. The largest absolute Gasteiger partial charge is 0.390 e. The van der Waals surface area contributed by atoms with Crippen molar-refractivity contribution in [1.82, 2.24) is 5.32 Å². The second kappa shape index (κ2) is 5.21. The zero-order valence-electron chi connectivity index (χ0n) is 8.14. The summed E-state index contributed by atoms with van der Waals surface area (Å²) in [6.07, 6.45) is -5.29. The molecule has 0 aliphatic rings. The van der Waals surface area contributed by atoms with Crippen LogP contribution in [0.1, 0.15) is 16.8 Å². The maximum atomic E-state index is 11.8. The molecule has 16 heavy (non-hydrogen) atoms. The summed E-state index contributed by atoms with van der Waals surface area (Å²) in [6, 6.07) is 5.90. The Morgan fingerprint density at radius 3 is 2.31 bits per heavy atom. The highest BCUT2D eigenvalue weighted by molar-refractivity contribution is 6.30. The second-order valence-electron chi connectivity index (χ2n) is 3.13. The summed E-state index contributed by atoms with van der Waals surface area (Å²) in [7, 11) is 0. The van der Waals surface area contributed by atoms with Crippen LogP contribution in [-0.2, 0) is 0 Å². The summed E-state index contributed by atoms with van der Waals surface area (Å²) < 4.78 is 35.4. The number of hydrogen-bond acceptors (Lipinski definition) is 1. The number of amides is 1. The zero-order chi connectivity index (χ0) is 12.2. The van der Waals surface area contributed by atoms with Gasteiger partial charge in [0.15, 0.2) is 0 Å². The monoisotopic (exact) mass is 251 g/mol. The molecule has 1 aromatic rings. The average Bonchev–Trinajstić information content (AvgIpc) is 2.16. The van der Waals surface area contributed by atoms with Gasteiger partial charge in [-0.1, -0.05) is 11.6 Å². The molecule has 0 aliphatic carbocycles. The van der Waals surface area contributed by atoms with Gasteiger partial charge in [-0.3, -0.25) is 4.79 Å². The minimum Gasteiger partial charge on any atom is -0.352 e. The molecule has 0 unspecified atom stereocenters. The van der Waals surface area contributed by atoms with E-state index >= 15 is 0 Å². The fraction of sp³-hybridized carbons (Fsp3) is 0.300. The smallest absolute Gasteiger partial charge is 0.352 e. The Bertz CT molecular complexity index is 361. The van der Waals surface area contributed by atoms with Crippen molar-refractivity contribution in [3.63, 3.8) is 0 Å². The van der Waals surface area contributed by atoms with E-state index in [2.05, 4.69) is 5.32 Å². The van der Waals surface area contributed by atoms with Crippen molar-refractivity contribution in [2.24, 2.45) is 0 Å². The molecule has 0 spiro atoms. The highest BCUT2D eigenvalue weighted by Crippen LogP contribution is 2.18. The summed E-state index contributed by atoms with van der Waals surface area (Å²) in [5.74, 6) is -0.541. The molecule has 1 N–H and O–H groups in total. The topological polar surface area (TPSA) is 29.1 Å². The number of benzene rings is 1. The third-order valence-corrected chi connectivity index (χ3v) is 2.05. The molecule has 0 aromatic heterocycles. The zero-order valence-corrected chi connectivity index (χ0v) is 8.90. The molecule has 6 heteroatoms. The summed E-state index contributed by atoms with van der Waals surface area (Å²) in [4.78, 5) is 11.3. The number of nitrogens with one attached hydrogen (secondary N) is 1. The lowest BCUT2D eigenvalue weighted by molar-refractivity contribution is -0.132. The highest BCUT2D eigenvalue weighted by Gasteiger charge is 2.26. The van der Waals surface area contributed by atoms with E-state index in [1.54, 1.807) is 0 Å². The molecular weight excluding hydrogens is 243 g/mol. The molecule has 1 rings (SSSR count). The Morgan fingerprint density at radius 1 is 1.25 bits per heavy atom. The molecule has 0 fully saturated rings. The van der Waals surface area contributed by atoms with E-state index < -0.39 is 25.0 Å². The van der Waals surface area contributed by atoms with E-state index in [1.807, 2.05) is 0 Å². The van der Waals surface area contributed by atoms with E-state index in [-0.39, 0.29) is 5.56 Å². The van der Waals surface area contributed by atoms with Crippen LogP contribution in [0.5, 0.6) is 0 Å². The Balaban J connectivity index is 2.44. The second-order valence-corrected chi connectivity index (χ2v) is 3.56. The van der Waals surface area contributed by atoms with Gasteiger partial charge in [-0.15, -0.1) is 0 Å². The predicted octanol–water partition coefficient (Wildman–Crippen LogP) is 3.02. The van der Waals surface area contributed by atoms with Gasteiger partial charge in [-0.05, 0) is 24.3 Å². The summed E-state index contributed by atoms with van der Waals surface area (Å²) in [5, 5.41) is 2.64. The van der Waals surface area contributed by atoms with E-state index in [1.165, 1.54) is 24.3 Å². The van der Waals surface area contributed by atoms with Gasteiger partial charge in [-0.25, -0.2) is 0 Å². The number of rotatable bonds is 3. The normalized spacial score (nSPS) is 11.2. The lowest BCUT2D eigenvalue weighted by Gasteiger charge is -2.07. The molecule has 0 aliphatic heterocycles. The van der Waals surface area contributed by atoms with Gasteiger partial charge in [0.2, 0.25) is 0 Å². The van der Waals surface area contributed by atoms with Gasteiger partial charge in [-0.2, -0.15) is 13.2 Å². The van der Waals surface area contributed by atoms with Gasteiger partial charge in [0.25, 0.3) is 5.91 Å². The van der Waals surface area contributed by atoms with Gasteiger partial charge in [0, 0.05) is 17.1 Å². The number of alkyl halides is 3. The minimum atomic E-state index is -4.26. The first-order chi connectivity index (χ1) is 7.38. The third-order valence-electron chi connectivity index (χ3n) is 1.80. The maximum absolute atomic E-state index is 11.8. The van der Waals surface area contributed by atoms with E-state index in [9.17, 15) is 18.0 Å². The molecule has 0 heterocycles. The first-order valence-corrected chi connectivity index (χ1v) is 4.87. The molecule has 0 bridgehead atoms. The van der Waals surface area contributed by atoms with Crippen molar-refractivity contribution in [2.45, 2.75) is 12.6 Å². The van der Waals surface area contributed by atoms with Crippen LogP contribution in [0.25, 0.3) is 0 Å². The van der Waals surface area contributed by atoms with E-state index in [0.717, 1.165) is 0 Å². The van der Waals surface area contributed by atoms with Crippen molar-refractivity contribution in [3.8, 4) is 0 Å². The van der Waals surface area contributed by atoms with E-state index in [0.29, 0.717) is 5.02 Å². The van der Waals surface area contributed by atoms with Gasteiger partial charge in [0.1, 0.15) is 0 Å². The number of hydrogen-bond donors (Lipinski definition) is 1. The quantitative estimate of drug-likeness (QED) is 0.879. The van der Waals surface area contributed by atoms with Crippen LogP contribution in [0.15, 0.2) is 24.3 Å². The fourth-order valence-corrected chi connectivity index (χ4v) is 1.15. The van der Waals surface area contributed by atoms with Gasteiger partial charge < -0.3 is 5.32 Å². The van der Waals surface area contributed by atoms with Crippen LogP contribution in [0.3, 0.4) is 0 Å². The van der Waals surface area contributed by atoms with Crippen LogP contribution in [0.2, 0.25) is 5.02 Å². The Morgan fingerprint density at radius 2 is 1.81 bits per heavy atom. The van der Waals surface area contributed by atoms with Crippen molar-refractivity contribution in [1.29, 1.82) is 0 Å². The first kappa shape index (κ1) is 12.8. The molecule has 0 saturated heterocycles. The Labute approximate surface area is 95.4 Å². The molecule has 88 valence electrons. The van der Waals surface area contributed by atoms with Gasteiger partial charge in [0.05, 0.1) is 6.42 Å². The number of carbonyl (C=O) groups excluding carboxylic acids is 1. The molecule has 0 atom stereocenters. The van der Waals surface area contributed by atoms with Crippen molar-refractivity contribution < 1.29 is 18.0 Å². The van der Waals surface area contributed by atoms with Gasteiger partial charge >= 0.3 is 6.18 Å². The molecule has 2 nitrogen and oxygen atoms in total. The highest BCUT2D eigenvalue weighted by atomic mass is 35.5. The predicted molar refractivity (Wildman–Crippen MR) is 54.5 cm³/mol. The standard InChI is InChI=1S/C10H9ClF3NO/c11-8-3-1-7(2-4-8)9(16)15-6-5-10(12,13)14/h1-4H,5-6H2,(H,15,16). The Kier molecular flexibility index (Phi) is 4.18. The molecular formula is C10H9ClF3NO. The Hall–Kier alpha value is -1.23. The lowest BCUT2D eigenvalue weighted by atomic mass is 10.2. The van der Waals surface area contributed by atoms with Crippen LogP contribution in [0, 0.1) is 0 Å². The van der Waals surface area contributed by atoms with E-state index in [4.69, 9.17) is 11.6 Å². The summed E-state index contributed by atoms with van der Waals surface area (Å²) in [6.45, 7) is -0.426. The first-order valence-electron chi connectivity index (χ1n) is 4.49. The molecule has 0 radical (unpaired) electrons. The maximum Gasteiger partial charge on any atom is 0.390 e. The third kappa shape index (κ3) is 4.53. The number of halogens is 4. The van der Waals surface area contributed by atoms with Crippen LogP contribution in [0.4, 0.5) is 13.2 Å². The number of carbonyl (C=O) groups is 1. The lowest BCUT2D eigenvalue weighted by Crippen LogP contribution is -2.27. The fourth-order valence-electron chi connectivity index (χ4n) is 1.02. The SMILES string of the molecule is O=C(NCCC(F)(F)F)c1ccc(Cl)cc1. The molecule has 0 saturated carbocycles.